The molecule has 0 saturated heterocycles. The molecule has 4 nitrogen and oxygen atoms in total. The summed E-state index contributed by atoms with van der Waals surface area (Å²) in [6, 6.07) is 11.7. The Labute approximate surface area is 123 Å². The highest BCUT2D eigenvalue weighted by atomic mass is 79.9. The average Bonchev–Trinajstić information content (AvgIpc) is 2.41. The van der Waals surface area contributed by atoms with Gasteiger partial charge in [0.05, 0.1) is 10.6 Å². The first-order valence-electron chi connectivity index (χ1n) is 5.23. The van der Waals surface area contributed by atoms with Crippen molar-refractivity contribution in [3.63, 3.8) is 0 Å². The Hall–Kier alpha value is -1.90. The van der Waals surface area contributed by atoms with Gasteiger partial charge in [0.1, 0.15) is 16.4 Å². The summed E-state index contributed by atoms with van der Waals surface area (Å²) in [5, 5.41) is 11.9. The van der Waals surface area contributed by atoms with Gasteiger partial charge in [-0.25, -0.2) is 4.98 Å². The van der Waals surface area contributed by atoms with E-state index < -0.39 is 0 Å². The van der Waals surface area contributed by atoms with Crippen LogP contribution < -0.4 is 5.32 Å². The predicted octanol–water partition coefficient (Wildman–Crippen LogP) is 3.62. The summed E-state index contributed by atoms with van der Waals surface area (Å²) >= 11 is 9.01. The quantitative estimate of drug-likeness (QED) is 0.852. The summed E-state index contributed by atoms with van der Waals surface area (Å²) in [7, 11) is 0. The van der Waals surface area contributed by atoms with E-state index in [2.05, 4.69) is 26.2 Å². The minimum absolute atomic E-state index is 0.280. The van der Waals surface area contributed by atoms with E-state index in [0.717, 1.165) is 0 Å². The lowest BCUT2D eigenvalue weighted by molar-refractivity contribution is 0.102. The second kappa shape index (κ2) is 5.83. The summed E-state index contributed by atoms with van der Waals surface area (Å²) in [6.45, 7) is 0. The van der Waals surface area contributed by atoms with Crippen LogP contribution in [0.5, 0.6) is 0 Å². The Morgan fingerprint density at radius 1 is 1.37 bits per heavy atom. The van der Waals surface area contributed by atoms with Crippen molar-refractivity contribution in [2.75, 3.05) is 5.32 Å². The molecule has 2 aromatic rings. The van der Waals surface area contributed by atoms with E-state index in [9.17, 15) is 4.79 Å². The van der Waals surface area contributed by atoms with Crippen LogP contribution in [0.15, 0.2) is 41.0 Å². The Morgan fingerprint density at radius 2 is 2.16 bits per heavy atom. The number of nitrogens with one attached hydrogen (secondary N) is 1. The number of rotatable bonds is 2. The summed E-state index contributed by atoms with van der Waals surface area (Å²) in [5.41, 5.74) is 1.08. The van der Waals surface area contributed by atoms with Crippen molar-refractivity contribution in [2.45, 2.75) is 0 Å². The smallest absolute Gasteiger partial charge is 0.274 e. The number of anilines is 1. The number of hydrogen-bond acceptors (Lipinski definition) is 3. The molecule has 0 unspecified atom stereocenters. The Kier molecular flexibility index (Phi) is 4.15. The molecule has 0 saturated carbocycles. The van der Waals surface area contributed by atoms with Gasteiger partial charge in [-0.05, 0) is 46.3 Å². The molecule has 1 amide bonds. The number of carbonyl (C=O) groups excluding carboxylic acids is 1. The molecular formula is C13H7BrClN3O. The second-order valence-electron chi connectivity index (χ2n) is 3.61. The van der Waals surface area contributed by atoms with Crippen molar-refractivity contribution in [1.82, 2.24) is 4.98 Å². The van der Waals surface area contributed by atoms with E-state index in [4.69, 9.17) is 16.9 Å². The maximum atomic E-state index is 11.9. The van der Waals surface area contributed by atoms with Crippen LogP contribution >= 0.6 is 27.5 Å². The minimum Gasteiger partial charge on any atom is -0.321 e. The van der Waals surface area contributed by atoms with Crippen molar-refractivity contribution in [3.05, 3.63) is 57.3 Å². The molecule has 0 bridgehead atoms. The third-order valence-electron chi connectivity index (χ3n) is 2.29. The van der Waals surface area contributed by atoms with Gasteiger partial charge in [-0.15, -0.1) is 0 Å². The third-order valence-corrected chi connectivity index (χ3v) is 3.06. The van der Waals surface area contributed by atoms with Gasteiger partial charge < -0.3 is 5.32 Å². The van der Waals surface area contributed by atoms with Crippen molar-refractivity contribution < 1.29 is 4.79 Å². The van der Waals surface area contributed by atoms with Crippen molar-refractivity contribution in [2.24, 2.45) is 0 Å². The molecule has 1 heterocycles. The number of halogens is 2. The molecule has 0 radical (unpaired) electrons. The van der Waals surface area contributed by atoms with Crippen molar-refractivity contribution in [1.29, 1.82) is 5.26 Å². The van der Waals surface area contributed by atoms with Crippen LogP contribution in [0.1, 0.15) is 16.1 Å². The van der Waals surface area contributed by atoms with Crippen LogP contribution in [0, 0.1) is 11.3 Å². The molecular weight excluding hydrogens is 330 g/mol. The Bertz CT molecular complexity index is 682. The largest absolute Gasteiger partial charge is 0.321 e. The number of nitriles is 1. The molecule has 0 aliphatic rings. The van der Waals surface area contributed by atoms with E-state index >= 15 is 0 Å². The maximum absolute atomic E-state index is 11.9. The van der Waals surface area contributed by atoms with E-state index in [1.165, 1.54) is 6.07 Å². The fraction of sp³-hybridized carbons (Fsp3) is 0. The minimum atomic E-state index is -0.354. The number of hydrogen-bond donors (Lipinski definition) is 1. The maximum Gasteiger partial charge on any atom is 0.274 e. The zero-order valence-corrected chi connectivity index (χ0v) is 11.9. The van der Waals surface area contributed by atoms with Crippen LogP contribution in [-0.4, -0.2) is 10.9 Å². The number of aromatic nitrogens is 1. The van der Waals surface area contributed by atoms with Gasteiger partial charge in [0.2, 0.25) is 0 Å². The molecule has 0 aliphatic heterocycles. The number of benzene rings is 1. The average molecular weight is 337 g/mol. The van der Waals surface area contributed by atoms with E-state index in [1.54, 1.807) is 30.3 Å². The molecule has 1 aromatic carbocycles. The second-order valence-corrected chi connectivity index (χ2v) is 4.83. The summed E-state index contributed by atoms with van der Waals surface area (Å²) < 4.78 is 0.578. The fourth-order valence-electron chi connectivity index (χ4n) is 1.42. The molecule has 6 heteroatoms. The van der Waals surface area contributed by atoms with E-state index in [1.807, 2.05) is 6.07 Å². The first kappa shape index (κ1) is 13.5. The summed E-state index contributed by atoms with van der Waals surface area (Å²) in [4.78, 5) is 16.0. The molecule has 0 spiro atoms. The molecule has 0 fully saturated rings. The zero-order chi connectivity index (χ0) is 13.8. The molecule has 0 atom stereocenters. The monoisotopic (exact) mass is 335 g/mol. The first-order valence-corrected chi connectivity index (χ1v) is 6.41. The number of carbonyl (C=O) groups is 1. The lowest BCUT2D eigenvalue weighted by Gasteiger charge is -2.05. The topological polar surface area (TPSA) is 65.8 Å². The third kappa shape index (κ3) is 3.31. The van der Waals surface area contributed by atoms with Gasteiger partial charge in [0, 0.05) is 5.69 Å². The predicted molar refractivity (Wildman–Crippen MR) is 76.1 cm³/mol. The molecule has 94 valence electrons. The highest BCUT2D eigenvalue weighted by Crippen LogP contribution is 2.20. The lowest BCUT2D eigenvalue weighted by Crippen LogP contribution is -2.13. The lowest BCUT2D eigenvalue weighted by atomic mass is 10.2. The molecule has 2 rings (SSSR count). The normalized spacial score (nSPS) is 9.74. The Morgan fingerprint density at radius 3 is 2.84 bits per heavy atom. The zero-order valence-electron chi connectivity index (χ0n) is 9.52. The van der Waals surface area contributed by atoms with Gasteiger partial charge in [0.25, 0.3) is 5.91 Å². The number of nitrogens with zero attached hydrogens (tertiary/aromatic N) is 2. The number of amides is 1. The highest BCUT2D eigenvalue weighted by molar-refractivity contribution is 9.10. The fourth-order valence-corrected chi connectivity index (χ4v) is 1.92. The van der Waals surface area contributed by atoms with E-state index in [-0.39, 0.29) is 11.6 Å². The molecule has 19 heavy (non-hydrogen) atoms. The standard InChI is InChI=1S/C13H7BrClN3O/c14-12-3-1-2-11(18-12)13(19)17-9-4-5-10(15)8(6-9)7-16/h1-6H,(H,17,19). The van der Waals surface area contributed by atoms with Crippen LogP contribution in [0.4, 0.5) is 5.69 Å². The number of pyridine rings is 1. The molecule has 1 N–H and O–H groups in total. The SMILES string of the molecule is N#Cc1cc(NC(=O)c2cccc(Br)n2)ccc1Cl. The van der Waals surface area contributed by atoms with Gasteiger partial charge in [0.15, 0.2) is 0 Å². The van der Waals surface area contributed by atoms with Crippen molar-refractivity contribution in [3.8, 4) is 6.07 Å². The summed E-state index contributed by atoms with van der Waals surface area (Å²) in [6.07, 6.45) is 0. The molecule has 1 aromatic heterocycles. The van der Waals surface area contributed by atoms with Gasteiger partial charge in [-0.1, -0.05) is 17.7 Å². The van der Waals surface area contributed by atoms with Gasteiger partial charge >= 0.3 is 0 Å². The van der Waals surface area contributed by atoms with Crippen LogP contribution in [0.2, 0.25) is 5.02 Å². The van der Waals surface area contributed by atoms with Gasteiger partial charge in [-0.2, -0.15) is 5.26 Å². The van der Waals surface area contributed by atoms with Crippen molar-refractivity contribution >= 4 is 39.1 Å². The first-order chi connectivity index (χ1) is 9.10. The van der Waals surface area contributed by atoms with Crippen LogP contribution in [0.25, 0.3) is 0 Å². The highest BCUT2D eigenvalue weighted by Gasteiger charge is 2.09. The molecule has 0 aliphatic carbocycles. The summed E-state index contributed by atoms with van der Waals surface area (Å²) in [5.74, 6) is -0.354. The van der Waals surface area contributed by atoms with E-state index in [0.29, 0.717) is 20.9 Å². The van der Waals surface area contributed by atoms with Gasteiger partial charge in [-0.3, -0.25) is 4.79 Å². The van der Waals surface area contributed by atoms with Crippen LogP contribution in [-0.2, 0) is 0 Å². The Balaban J connectivity index is 2.22. The van der Waals surface area contributed by atoms with Crippen LogP contribution in [0.3, 0.4) is 0 Å².